The first-order chi connectivity index (χ1) is 15.0. The Morgan fingerprint density at radius 3 is 2.03 bits per heavy atom. The molecule has 5 rings (SSSR count). The molecule has 5 fully saturated rings. The molecule has 0 aromatic heterocycles. The standard InChI is InChI=1S/C26H42N2O3/c29-24(26(31)13-14-26)20-11-16-27(17-12-20)25(30)21-7-9-23(10-8-21)28-15-3-6-19-4-1-2-5-22(19)18-28/h19-23,31H,1-18H2. The van der Waals surface area contributed by atoms with E-state index < -0.39 is 5.60 Å². The number of amides is 1. The van der Waals surface area contributed by atoms with E-state index in [9.17, 15) is 14.7 Å². The molecule has 1 amide bonds. The number of hydrogen-bond acceptors (Lipinski definition) is 4. The minimum atomic E-state index is -1.01. The molecule has 5 aliphatic rings. The van der Waals surface area contributed by atoms with E-state index in [2.05, 4.69) is 4.90 Å². The highest BCUT2D eigenvalue weighted by atomic mass is 16.3. The van der Waals surface area contributed by atoms with Crippen molar-refractivity contribution < 1.29 is 14.7 Å². The number of piperidine rings is 1. The van der Waals surface area contributed by atoms with E-state index in [1.165, 1.54) is 64.5 Å². The van der Waals surface area contributed by atoms with E-state index in [0.29, 0.717) is 37.9 Å². The lowest BCUT2D eigenvalue weighted by Crippen LogP contribution is -2.47. The second kappa shape index (κ2) is 9.13. The Morgan fingerprint density at radius 2 is 1.35 bits per heavy atom. The van der Waals surface area contributed by atoms with Gasteiger partial charge < -0.3 is 14.9 Å². The number of nitrogens with zero attached hydrogens (tertiary/aromatic N) is 2. The molecule has 2 unspecified atom stereocenters. The number of carbonyl (C=O) groups is 2. The number of hydrogen-bond donors (Lipinski definition) is 1. The van der Waals surface area contributed by atoms with Crippen molar-refractivity contribution in [2.75, 3.05) is 26.2 Å². The van der Waals surface area contributed by atoms with E-state index in [0.717, 1.165) is 37.5 Å². The van der Waals surface area contributed by atoms with E-state index in [1.54, 1.807) is 0 Å². The summed E-state index contributed by atoms with van der Waals surface area (Å²) in [6.07, 6.45) is 15.7. The van der Waals surface area contributed by atoms with E-state index in [-0.39, 0.29) is 17.6 Å². The van der Waals surface area contributed by atoms with Crippen LogP contribution < -0.4 is 0 Å². The highest BCUT2D eigenvalue weighted by Crippen LogP contribution is 2.41. The zero-order valence-corrected chi connectivity index (χ0v) is 19.3. The van der Waals surface area contributed by atoms with Crippen LogP contribution in [0.2, 0.25) is 0 Å². The smallest absolute Gasteiger partial charge is 0.225 e. The molecule has 0 bridgehead atoms. The van der Waals surface area contributed by atoms with Crippen LogP contribution >= 0.6 is 0 Å². The van der Waals surface area contributed by atoms with Gasteiger partial charge in [0, 0.05) is 37.5 Å². The van der Waals surface area contributed by atoms with Crippen LogP contribution in [-0.2, 0) is 9.59 Å². The lowest BCUT2D eigenvalue weighted by atomic mass is 9.77. The van der Waals surface area contributed by atoms with Crippen molar-refractivity contribution in [2.45, 2.75) is 102 Å². The fourth-order valence-electron chi connectivity index (χ4n) is 7.24. The quantitative estimate of drug-likeness (QED) is 0.737. The van der Waals surface area contributed by atoms with Crippen molar-refractivity contribution in [1.82, 2.24) is 9.80 Å². The third-order valence-corrected chi connectivity index (χ3v) is 9.48. The molecule has 5 nitrogen and oxygen atoms in total. The molecule has 2 atom stereocenters. The maximum Gasteiger partial charge on any atom is 0.225 e. The molecule has 3 aliphatic carbocycles. The SMILES string of the molecule is O=C(C1CCC(N2CCCC3CCCCC3C2)CC1)N1CCC(C(=O)C2(O)CC2)CC1. The summed E-state index contributed by atoms with van der Waals surface area (Å²) in [6, 6.07) is 0.687. The van der Waals surface area contributed by atoms with Crippen LogP contribution in [0.3, 0.4) is 0 Å². The maximum atomic E-state index is 13.1. The molecule has 3 saturated carbocycles. The average molecular weight is 431 g/mol. The van der Waals surface area contributed by atoms with Crippen LogP contribution in [0.1, 0.15) is 89.9 Å². The van der Waals surface area contributed by atoms with Crippen molar-refractivity contribution in [3.8, 4) is 0 Å². The lowest BCUT2D eigenvalue weighted by Gasteiger charge is -2.40. The molecule has 2 heterocycles. The molecule has 174 valence electrons. The van der Waals surface area contributed by atoms with Crippen LogP contribution in [0.5, 0.6) is 0 Å². The molecule has 31 heavy (non-hydrogen) atoms. The molecular formula is C26H42N2O3. The zero-order chi connectivity index (χ0) is 21.4. The summed E-state index contributed by atoms with van der Waals surface area (Å²) in [7, 11) is 0. The van der Waals surface area contributed by atoms with Crippen LogP contribution in [0.25, 0.3) is 0 Å². The van der Waals surface area contributed by atoms with Crippen molar-refractivity contribution in [3.05, 3.63) is 0 Å². The molecule has 1 N–H and O–H groups in total. The van der Waals surface area contributed by atoms with Gasteiger partial charge in [-0.2, -0.15) is 0 Å². The van der Waals surface area contributed by atoms with Crippen LogP contribution in [0.4, 0.5) is 0 Å². The van der Waals surface area contributed by atoms with Crippen molar-refractivity contribution >= 4 is 11.7 Å². The van der Waals surface area contributed by atoms with Gasteiger partial charge in [-0.15, -0.1) is 0 Å². The summed E-state index contributed by atoms with van der Waals surface area (Å²) in [5.41, 5.74) is -1.01. The number of ketones is 1. The molecule has 2 saturated heterocycles. The normalized spacial score (nSPS) is 37.0. The Bertz CT molecular complexity index is 660. The molecular weight excluding hydrogens is 388 g/mol. The topological polar surface area (TPSA) is 60.9 Å². The van der Waals surface area contributed by atoms with Gasteiger partial charge in [-0.05, 0) is 89.0 Å². The van der Waals surface area contributed by atoms with E-state index in [1.807, 2.05) is 4.90 Å². The van der Waals surface area contributed by atoms with Crippen molar-refractivity contribution in [2.24, 2.45) is 23.7 Å². The Morgan fingerprint density at radius 1 is 0.710 bits per heavy atom. The fraction of sp³-hybridized carbons (Fsp3) is 0.923. The van der Waals surface area contributed by atoms with Gasteiger partial charge in [0.25, 0.3) is 0 Å². The number of likely N-dealkylation sites (tertiary alicyclic amines) is 2. The Balaban J connectivity index is 1.08. The molecule has 0 radical (unpaired) electrons. The minimum Gasteiger partial charge on any atom is -0.382 e. The van der Waals surface area contributed by atoms with Gasteiger partial charge in [0.05, 0.1) is 0 Å². The van der Waals surface area contributed by atoms with Gasteiger partial charge in [0.15, 0.2) is 5.78 Å². The van der Waals surface area contributed by atoms with Gasteiger partial charge in [0.2, 0.25) is 5.91 Å². The van der Waals surface area contributed by atoms with Crippen LogP contribution in [0.15, 0.2) is 0 Å². The Hall–Kier alpha value is -0.940. The zero-order valence-electron chi connectivity index (χ0n) is 19.3. The third-order valence-electron chi connectivity index (χ3n) is 9.48. The number of aliphatic hydroxyl groups is 1. The molecule has 0 aromatic rings. The first kappa shape index (κ1) is 21.9. The summed E-state index contributed by atoms with van der Waals surface area (Å²) < 4.78 is 0. The predicted molar refractivity (Wildman–Crippen MR) is 120 cm³/mol. The maximum absolute atomic E-state index is 13.1. The monoisotopic (exact) mass is 430 g/mol. The summed E-state index contributed by atoms with van der Waals surface area (Å²) in [4.78, 5) is 30.4. The van der Waals surface area contributed by atoms with Crippen molar-refractivity contribution in [3.63, 3.8) is 0 Å². The number of carbonyl (C=O) groups excluding carboxylic acids is 2. The first-order valence-electron chi connectivity index (χ1n) is 13.3. The fourth-order valence-corrected chi connectivity index (χ4v) is 7.24. The highest BCUT2D eigenvalue weighted by Gasteiger charge is 2.50. The average Bonchev–Trinajstić information content (AvgIpc) is 3.60. The number of fused-ring (bicyclic) bond motifs is 1. The van der Waals surface area contributed by atoms with Gasteiger partial charge in [0.1, 0.15) is 5.60 Å². The second-order valence-electron chi connectivity index (χ2n) is 11.4. The third kappa shape index (κ3) is 4.73. The number of rotatable bonds is 4. The van der Waals surface area contributed by atoms with Gasteiger partial charge in [-0.1, -0.05) is 19.3 Å². The molecule has 5 heteroatoms. The molecule has 0 aromatic carbocycles. The Labute approximate surface area is 187 Å². The molecule has 0 spiro atoms. The minimum absolute atomic E-state index is 0.0396. The van der Waals surface area contributed by atoms with Gasteiger partial charge in [-0.3, -0.25) is 9.59 Å². The predicted octanol–water partition coefficient (Wildman–Crippen LogP) is 3.78. The Kier molecular flexibility index (Phi) is 6.44. The summed E-state index contributed by atoms with van der Waals surface area (Å²) in [6.45, 7) is 3.97. The molecule has 2 aliphatic heterocycles. The largest absolute Gasteiger partial charge is 0.382 e. The highest BCUT2D eigenvalue weighted by molar-refractivity contribution is 5.92. The van der Waals surface area contributed by atoms with E-state index >= 15 is 0 Å². The van der Waals surface area contributed by atoms with Crippen LogP contribution in [-0.4, -0.2) is 64.4 Å². The first-order valence-corrected chi connectivity index (χ1v) is 13.3. The van der Waals surface area contributed by atoms with Gasteiger partial charge >= 0.3 is 0 Å². The summed E-state index contributed by atoms with van der Waals surface area (Å²) in [5, 5.41) is 10.1. The second-order valence-corrected chi connectivity index (χ2v) is 11.4. The summed E-state index contributed by atoms with van der Waals surface area (Å²) in [5.74, 6) is 2.42. The lowest BCUT2D eigenvalue weighted by molar-refractivity contribution is -0.142. The van der Waals surface area contributed by atoms with Crippen molar-refractivity contribution in [1.29, 1.82) is 0 Å². The summed E-state index contributed by atoms with van der Waals surface area (Å²) >= 11 is 0. The van der Waals surface area contributed by atoms with Gasteiger partial charge in [-0.25, -0.2) is 0 Å². The van der Waals surface area contributed by atoms with Crippen LogP contribution in [0, 0.1) is 23.7 Å². The van der Waals surface area contributed by atoms with E-state index in [4.69, 9.17) is 0 Å². The number of Topliss-reactive ketones (excluding diaryl/α,β-unsaturated/α-hetero) is 1.